The molecule has 4 rings (SSSR count). The Morgan fingerprint density at radius 1 is 0.739 bits per heavy atom. The standard InChI is InChI=1S/C22H22S/c1-2-3-4-5-8-16-11-12-21-19(13-16)20-14-17-9-6-7-10-18(17)15-22(20)23-21/h6-7,9-15H,2-5,8H2,1H3. The van der Waals surface area contributed by atoms with Gasteiger partial charge in [-0.25, -0.2) is 0 Å². The average molecular weight is 318 g/mol. The van der Waals surface area contributed by atoms with Crippen LogP contribution in [0.2, 0.25) is 0 Å². The van der Waals surface area contributed by atoms with Gasteiger partial charge in [0.15, 0.2) is 0 Å². The lowest BCUT2D eigenvalue weighted by Gasteiger charge is -2.02. The van der Waals surface area contributed by atoms with Gasteiger partial charge in [-0.2, -0.15) is 0 Å². The predicted octanol–water partition coefficient (Wildman–Crippen LogP) is 7.33. The normalized spacial score (nSPS) is 11.7. The molecule has 0 fully saturated rings. The zero-order valence-corrected chi connectivity index (χ0v) is 14.5. The van der Waals surface area contributed by atoms with E-state index in [9.17, 15) is 0 Å². The second-order valence-corrected chi connectivity index (χ2v) is 7.52. The van der Waals surface area contributed by atoms with Crippen molar-refractivity contribution in [2.24, 2.45) is 0 Å². The molecule has 0 radical (unpaired) electrons. The van der Waals surface area contributed by atoms with Gasteiger partial charge >= 0.3 is 0 Å². The molecule has 0 aliphatic rings. The molecular weight excluding hydrogens is 296 g/mol. The fraction of sp³-hybridized carbons (Fsp3) is 0.273. The number of hydrogen-bond donors (Lipinski definition) is 0. The topological polar surface area (TPSA) is 0 Å². The second-order valence-electron chi connectivity index (χ2n) is 6.44. The van der Waals surface area contributed by atoms with Crippen molar-refractivity contribution in [3.63, 3.8) is 0 Å². The van der Waals surface area contributed by atoms with E-state index in [0.29, 0.717) is 0 Å². The van der Waals surface area contributed by atoms with E-state index in [0.717, 1.165) is 0 Å². The highest BCUT2D eigenvalue weighted by Gasteiger charge is 2.07. The largest absolute Gasteiger partial charge is 0.135 e. The number of thiophene rings is 1. The maximum Gasteiger partial charge on any atom is 0.0361 e. The Labute approximate surface area is 141 Å². The molecule has 0 aliphatic heterocycles. The number of aryl methyl sites for hydroxylation is 1. The molecule has 0 saturated carbocycles. The van der Waals surface area contributed by atoms with Crippen LogP contribution in [0.15, 0.2) is 54.6 Å². The first-order valence-electron chi connectivity index (χ1n) is 8.69. The summed E-state index contributed by atoms with van der Waals surface area (Å²) in [5, 5.41) is 5.53. The third kappa shape index (κ3) is 2.86. The van der Waals surface area contributed by atoms with Crippen LogP contribution in [0.25, 0.3) is 30.9 Å². The Morgan fingerprint density at radius 2 is 1.52 bits per heavy atom. The molecule has 1 heteroatoms. The molecule has 0 atom stereocenters. The van der Waals surface area contributed by atoms with Crippen molar-refractivity contribution < 1.29 is 0 Å². The van der Waals surface area contributed by atoms with E-state index in [1.54, 1.807) is 0 Å². The first-order valence-corrected chi connectivity index (χ1v) is 9.51. The van der Waals surface area contributed by atoms with Crippen LogP contribution in [0.3, 0.4) is 0 Å². The summed E-state index contributed by atoms with van der Waals surface area (Å²) < 4.78 is 2.81. The van der Waals surface area contributed by atoms with E-state index in [1.165, 1.54) is 68.6 Å². The van der Waals surface area contributed by atoms with Crippen molar-refractivity contribution in [3.05, 3.63) is 60.2 Å². The lowest BCUT2D eigenvalue weighted by Crippen LogP contribution is -1.85. The van der Waals surface area contributed by atoms with Crippen LogP contribution >= 0.6 is 11.3 Å². The van der Waals surface area contributed by atoms with Gasteiger partial charge < -0.3 is 0 Å². The van der Waals surface area contributed by atoms with E-state index >= 15 is 0 Å². The van der Waals surface area contributed by atoms with Gasteiger partial charge in [0.2, 0.25) is 0 Å². The van der Waals surface area contributed by atoms with Gasteiger partial charge in [-0.15, -0.1) is 11.3 Å². The molecule has 1 aromatic heterocycles. The van der Waals surface area contributed by atoms with Crippen LogP contribution in [0.4, 0.5) is 0 Å². The van der Waals surface area contributed by atoms with Crippen molar-refractivity contribution in [2.75, 3.05) is 0 Å². The summed E-state index contributed by atoms with van der Waals surface area (Å²) in [7, 11) is 0. The highest BCUT2D eigenvalue weighted by molar-refractivity contribution is 7.25. The maximum absolute atomic E-state index is 2.43. The Bertz CT molecular complexity index is 962. The zero-order valence-electron chi connectivity index (χ0n) is 13.6. The SMILES string of the molecule is CCCCCCc1ccc2sc3cc4ccccc4cc3c2c1. The molecule has 3 aromatic carbocycles. The highest BCUT2D eigenvalue weighted by Crippen LogP contribution is 2.37. The summed E-state index contributed by atoms with van der Waals surface area (Å²) in [5.41, 5.74) is 1.49. The summed E-state index contributed by atoms with van der Waals surface area (Å²) >= 11 is 1.92. The average Bonchev–Trinajstić information content (AvgIpc) is 2.93. The summed E-state index contributed by atoms with van der Waals surface area (Å²) in [6, 6.07) is 20.4. The molecule has 0 spiro atoms. The predicted molar refractivity (Wildman–Crippen MR) is 105 cm³/mol. The van der Waals surface area contributed by atoms with Crippen molar-refractivity contribution in [3.8, 4) is 0 Å². The molecule has 116 valence electrons. The molecule has 0 saturated heterocycles. The molecule has 0 N–H and O–H groups in total. The summed E-state index contributed by atoms with van der Waals surface area (Å²) in [6.45, 7) is 2.27. The first kappa shape index (κ1) is 14.7. The van der Waals surface area contributed by atoms with Crippen LogP contribution in [-0.4, -0.2) is 0 Å². The Hall–Kier alpha value is -1.86. The van der Waals surface area contributed by atoms with Crippen LogP contribution in [0.1, 0.15) is 38.2 Å². The quantitative estimate of drug-likeness (QED) is 0.338. The molecule has 23 heavy (non-hydrogen) atoms. The van der Waals surface area contributed by atoms with Gasteiger partial charge in [0.1, 0.15) is 0 Å². The van der Waals surface area contributed by atoms with Gasteiger partial charge in [0.05, 0.1) is 0 Å². The van der Waals surface area contributed by atoms with E-state index in [4.69, 9.17) is 0 Å². The summed E-state index contributed by atoms with van der Waals surface area (Å²) in [4.78, 5) is 0. The fourth-order valence-corrected chi connectivity index (χ4v) is 4.54. The maximum atomic E-state index is 2.43. The fourth-order valence-electron chi connectivity index (χ4n) is 3.42. The molecule has 0 aliphatic carbocycles. The zero-order chi connectivity index (χ0) is 15.6. The van der Waals surface area contributed by atoms with Crippen molar-refractivity contribution >= 4 is 42.3 Å². The van der Waals surface area contributed by atoms with Crippen LogP contribution in [0, 0.1) is 0 Å². The third-order valence-corrected chi connectivity index (χ3v) is 5.85. The van der Waals surface area contributed by atoms with Crippen LogP contribution in [-0.2, 0) is 6.42 Å². The number of fused-ring (bicyclic) bond motifs is 4. The van der Waals surface area contributed by atoms with E-state index < -0.39 is 0 Å². The van der Waals surface area contributed by atoms with Gasteiger partial charge in [-0.05, 0) is 53.4 Å². The molecule has 4 aromatic rings. The highest BCUT2D eigenvalue weighted by atomic mass is 32.1. The summed E-state index contributed by atoms with van der Waals surface area (Å²) in [6.07, 6.45) is 6.53. The van der Waals surface area contributed by atoms with Gasteiger partial charge in [-0.1, -0.05) is 56.5 Å². The van der Waals surface area contributed by atoms with E-state index in [1.807, 2.05) is 11.3 Å². The second kappa shape index (κ2) is 6.33. The number of hydrogen-bond acceptors (Lipinski definition) is 1. The van der Waals surface area contributed by atoms with E-state index in [-0.39, 0.29) is 0 Å². The number of rotatable bonds is 5. The van der Waals surface area contributed by atoms with Gasteiger partial charge in [0, 0.05) is 20.2 Å². The minimum atomic E-state index is 1.21. The monoisotopic (exact) mass is 318 g/mol. The number of unbranched alkanes of at least 4 members (excludes halogenated alkanes) is 3. The minimum absolute atomic E-state index is 1.21. The van der Waals surface area contributed by atoms with Crippen molar-refractivity contribution in [1.29, 1.82) is 0 Å². The Balaban J connectivity index is 1.76. The third-order valence-electron chi connectivity index (χ3n) is 4.72. The van der Waals surface area contributed by atoms with Crippen molar-refractivity contribution in [1.82, 2.24) is 0 Å². The lowest BCUT2D eigenvalue weighted by atomic mass is 10.0. The molecule has 0 amide bonds. The Kier molecular flexibility index (Phi) is 4.05. The number of benzene rings is 3. The van der Waals surface area contributed by atoms with Gasteiger partial charge in [0.25, 0.3) is 0 Å². The molecule has 0 nitrogen and oxygen atoms in total. The molecular formula is C22H22S. The van der Waals surface area contributed by atoms with Crippen LogP contribution in [0.5, 0.6) is 0 Å². The first-order chi connectivity index (χ1) is 11.3. The smallest absolute Gasteiger partial charge is 0.0361 e. The molecule has 0 unspecified atom stereocenters. The Morgan fingerprint density at radius 3 is 2.35 bits per heavy atom. The van der Waals surface area contributed by atoms with Gasteiger partial charge in [-0.3, -0.25) is 0 Å². The summed E-state index contributed by atoms with van der Waals surface area (Å²) in [5.74, 6) is 0. The lowest BCUT2D eigenvalue weighted by molar-refractivity contribution is 0.667. The van der Waals surface area contributed by atoms with Crippen LogP contribution < -0.4 is 0 Å². The molecule has 0 bridgehead atoms. The minimum Gasteiger partial charge on any atom is -0.135 e. The molecule has 1 heterocycles. The van der Waals surface area contributed by atoms with E-state index in [2.05, 4.69) is 61.5 Å². The van der Waals surface area contributed by atoms with Crippen molar-refractivity contribution in [2.45, 2.75) is 39.0 Å².